The van der Waals surface area contributed by atoms with Gasteiger partial charge in [-0.15, -0.1) is 0 Å². The summed E-state index contributed by atoms with van der Waals surface area (Å²) in [4.78, 5) is 16.6. The summed E-state index contributed by atoms with van der Waals surface area (Å²) in [6.07, 6.45) is 0. The van der Waals surface area contributed by atoms with Crippen LogP contribution in [0.1, 0.15) is 53.0 Å². The number of ether oxygens (including phenoxy) is 1. The van der Waals surface area contributed by atoms with Crippen molar-refractivity contribution in [3.63, 3.8) is 0 Å². The third-order valence-electron chi connectivity index (χ3n) is 4.34. The molecule has 3 aromatic rings. The molecule has 0 aliphatic heterocycles. The first-order valence-electron chi connectivity index (χ1n) is 9.35. The fraction of sp³-hybridized carbons (Fsp3) is 0.286. The Labute approximate surface area is 175 Å². The Morgan fingerprint density at radius 2 is 1.93 bits per heavy atom. The number of hydrogen-bond acceptors (Lipinski definition) is 7. The lowest BCUT2D eigenvalue weighted by Gasteiger charge is -2.11. The normalized spacial score (nSPS) is 11.5. The molecule has 0 fully saturated rings. The quantitative estimate of drug-likeness (QED) is 0.566. The number of nitrogens with zero attached hydrogens (tertiary/aromatic N) is 2. The van der Waals surface area contributed by atoms with E-state index in [4.69, 9.17) is 9.26 Å². The van der Waals surface area contributed by atoms with Gasteiger partial charge in [-0.2, -0.15) is 4.98 Å². The van der Waals surface area contributed by atoms with Crippen molar-refractivity contribution >= 4 is 21.7 Å². The van der Waals surface area contributed by atoms with Gasteiger partial charge in [-0.3, -0.25) is 4.72 Å². The van der Waals surface area contributed by atoms with E-state index in [1.165, 1.54) is 12.1 Å². The largest absolute Gasteiger partial charge is 0.452 e. The molecule has 3 rings (SSSR count). The predicted octanol–water partition coefficient (Wildman–Crippen LogP) is 3.97. The fourth-order valence-electron chi connectivity index (χ4n) is 2.68. The number of hydrogen-bond donors (Lipinski definition) is 1. The van der Waals surface area contributed by atoms with E-state index in [1.807, 2.05) is 26.8 Å². The van der Waals surface area contributed by atoms with E-state index in [9.17, 15) is 13.2 Å². The second kappa shape index (κ2) is 8.66. The number of esters is 1. The van der Waals surface area contributed by atoms with Gasteiger partial charge in [0.25, 0.3) is 15.9 Å². The molecule has 30 heavy (non-hydrogen) atoms. The summed E-state index contributed by atoms with van der Waals surface area (Å²) in [5.74, 6) is 0.106. The number of aryl methyl sites for hydroxylation is 2. The molecule has 2 aromatic carbocycles. The van der Waals surface area contributed by atoms with Crippen molar-refractivity contribution in [2.75, 3.05) is 4.72 Å². The lowest BCUT2D eigenvalue weighted by atomic mass is 10.1. The van der Waals surface area contributed by atoms with Crippen LogP contribution >= 0.6 is 0 Å². The topological polar surface area (TPSA) is 111 Å². The Bertz CT molecular complexity index is 1170. The van der Waals surface area contributed by atoms with E-state index in [1.54, 1.807) is 31.2 Å². The molecular weight excluding hydrogens is 406 g/mol. The maximum absolute atomic E-state index is 12.7. The van der Waals surface area contributed by atoms with Crippen LogP contribution in [-0.2, 0) is 21.4 Å². The van der Waals surface area contributed by atoms with Crippen LogP contribution in [-0.4, -0.2) is 24.5 Å². The van der Waals surface area contributed by atoms with Crippen LogP contribution < -0.4 is 4.72 Å². The van der Waals surface area contributed by atoms with E-state index in [-0.39, 0.29) is 28.9 Å². The molecule has 0 saturated carbocycles. The van der Waals surface area contributed by atoms with E-state index in [2.05, 4.69) is 14.9 Å². The summed E-state index contributed by atoms with van der Waals surface area (Å²) in [5, 5.41) is 3.81. The molecule has 158 valence electrons. The third-order valence-corrected chi connectivity index (χ3v) is 5.72. The highest BCUT2D eigenvalue weighted by Crippen LogP contribution is 2.21. The highest BCUT2D eigenvalue weighted by Gasteiger charge is 2.20. The molecule has 0 radical (unpaired) electrons. The number of nitrogens with one attached hydrogen (secondary N) is 1. The van der Waals surface area contributed by atoms with Gasteiger partial charge in [-0.05, 0) is 49.2 Å². The zero-order valence-electron chi connectivity index (χ0n) is 17.2. The number of anilines is 1. The zero-order valence-corrected chi connectivity index (χ0v) is 18.0. The molecule has 0 atom stereocenters. The van der Waals surface area contributed by atoms with Gasteiger partial charge in [-0.1, -0.05) is 37.2 Å². The second-order valence-corrected chi connectivity index (χ2v) is 8.91. The zero-order chi connectivity index (χ0) is 21.9. The van der Waals surface area contributed by atoms with Gasteiger partial charge >= 0.3 is 5.97 Å². The summed E-state index contributed by atoms with van der Waals surface area (Å²) in [6.45, 7) is 7.20. The molecule has 1 heterocycles. The molecule has 0 unspecified atom stereocenters. The summed E-state index contributed by atoms with van der Waals surface area (Å²) in [5.41, 5.74) is 2.09. The molecule has 0 amide bonds. The first-order chi connectivity index (χ1) is 14.2. The van der Waals surface area contributed by atoms with Crippen LogP contribution in [0.3, 0.4) is 0 Å². The van der Waals surface area contributed by atoms with Gasteiger partial charge in [0.05, 0.1) is 10.5 Å². The summed E-state index contributed by atoms with van der Waals surface area (Å²) in [7, 11) is -3.87. The van der Waals surface area contributed by atoms with E-state index in [0.29, 0.717) is 17.1 Å². The fourth-order valence-corrected chi connectivity index (χ4v) is 3.75. The van der Waals surface area contributed by atoms with Gasteiger partial charge in [0.2, 0.25) is 0 Å². The van der Waals surface area contributed by atoms with Crippen LogP contribution in [0.5, 0.6) is 0 Å². The summed E-state index contributed by atoms with van der Waals surface area (Å²) < 4.78 is 38.3. The molecule has 8 nitrogen and oxygen atoms in total. The number of carbonyl (C=O) groups excluding carboxylic acids is 1. The van der Waals surface area contributed by atoms with Gasteiger partial charge in [0.1, 0.15) is 0 Å². The Morgan fingerprint density at radius 1 is 1.17 bits per heavy atom. The van der Waals surface area contributed by atoms with Gasteiger partial charge in [-0.25, -0.2) is 13.2 Å². The molecular formula is C21H23N3O5S. The average molecular weight is 429 g/mol. The van der Waals surface area contributed by atoms with Crippen LogP contribution in [0.4, 0.5) is 5.69 Å². The number of aromatic nitrogens is 2. The minimum Gasteiger partial charge on any atom is -0.452 e. The summed E-state index contributed by atoms with van der Waals surface area (Å²) >= 11 is 0. The molecule has 9 heteroatoms. The van der Waals surface area contributed by atoms with E-state index in [0.717, 1.165) is 5.56 Å². The molecule has 0 aliphatic carbocycles. The van der Waals surface area contributed by atoms with Gasteiger partial charge in [0.15, 0.2) is 12.4 Å². The SMILES string of the molecule is Cc1cccc(NS(=O)(=O)c2ccc(C)c(C(=O)OCc3nc(C(C)C)no3)c2)c1. The van der Waals surface area contributed by atoms with Crippen LogP contribution in [0.2, 0.25) is 0 Å². The number of rotatable bonds is 7. The van der Waals surface area contributed by atoms with Crippen molar-refractivity contribution in [1.29, 1.82) is 0 Å². The van der Waals surface area contributed by atoms with Crippen LogP contribution in [0.25, 0.3) is 0 Å². The Morgan fingerprint density at radius 3 is 2.60 bits per heavy atom. The first-order valence-corrected chi connectivity index (χ1v) is 10.8. The lowest BCUT2D eigenvalue weighted by molar-refractivity contribution is 0.0428. The van der Waals surface area contributed by atoms with E-state index < -0.39 is 16.0 Å². The average Bonchev–Trinajstić information content (AvgIpc) is 3.15. The third kappa shape index (κ3) is 5.04. The molecule has 0 aliphatic rings. The Hall–Kier alpha value is -3.20. The molecule has 0 saturated heterocycles. The number of carbonyl (C=O) groups is 1. The van der Waals surface area contributed by atoms with Gasteiger partial charge < -0.3 is 9.26 Å². The van der Waals surface area contributed by atoms with Crippen molar-refractivity contribution in [1.82, 2.24) is 10.1 Å². The number of benzene rings is 2. The van der Waals surface area contributed by atoms with Crippen molar-refractivity contribution in [2.24, 2.45) is 0 Å². The monoisotopic (exact) mass is 429 g/mol. The smallest absolute Gasteiger partial charge is 0.338 e. The molecule has 0 spiro atoms. The standard InChI is InChI=1S/C21H23N3O5S/c1-13(2)20-22-19(29-23-20)12-28-21(25)18-11-17(9-8-15(18)4)30(26,27)24-16-7-5-6-14(3)10-16/h5-11,13,24H,12H2,1-4H3. The summed E-state index contributed by atoms with van der Waals surface area (Å²) in [6, 6.07) is 11.3. The Kier molecular flexibility index (Phi) is 6.21. The first kappa shape index (κ1) is 21.5. The highest BCUT2D eigenvalue weighted by molar-refractivity contribution is 7.92. The minimum absolute atomic E-state index is 0.0403. The number of sulfonamides is 1. The van der Waals surface area contributed by atoms with Gasteiger partial charge in [0, 0.05) is 11.6 Å². The van der Waals surface area contributed by atoms with E-state index >= 15 is 0 Å². The Balaban J connectivity index is 1.77. The van der Waals surface area contributed by atoms with Crippen molar-refractivity contribution in [3.8, 4) is 0 Å². The maximum atomic E-state index is 12.7. The molecule has 1 N–H and O–H groups in total. The second-order valence-electron chi connectivity index (χ2n) is 7.23. The van der Waals surface area contributed by atoms with Crippen LogP contribution in [0, 0.1) is 13.8 Å². The van der Waals surface area contributed by atoms with Crippen molar-refractivity contribution in [3.05, 3.63) is 70.9 Å². The molecule has 0 bridgehead atoms. The van der Waals surface area contributed by atoms with Crippen molar-refractivity contribution < 1.29 is 22.5 Å². The highest BCUT2D eigenvalue weighted by atomic mass is 32.2. The maximum Gasteiger partial charge on any atom is 0.338 e. The van der Waals surface area contributed by atoms with Crippen molar-refractivity contribution in [2.45, 2.75) is 45.1 Å². The molecule has 1 aromatic heterocycles. The predicted molar refractivity (Wildman–Crippen MR) is 111 cm³/mol. The minimum atomic E-state index is -3.87. The lowest BCUT2D eigenvalue weighted by Crippen LogP contribution is -2.15. The van der Waals surface area contributed by atoms with Crippen LogP contribution in [0.15, 0.2) is 51.9 Å².